The second kappa shape index (κ2) is 6.25. The molecule has 1 aliphatic heterocycles. The van der Waals surface area contributed by atoms with E-state index in [0.717, 1.165) is 9.58 Å². The third kappa shape index (κ3) is 3.07. The highest BCUT2D eigenvalue weighted by Gasteiger charge is 2.48. The molecule has 2 heterocycles. The Morgan fingerprint density at radius 3 is 2.54 bits per heavy atom. The summed E-state index contributed by atoms with van der Waals surface area (Å²) in [5.41, 5.74) is -2.85. The number of carbonyl (C=O) groups is 2. The number of alkyl halides is 3. The monoisotopic (exact) mass is 369 g/mol. The Hall–Kier alpha value is -1.81. The molecule has 1 aliphatic rings. The van der Waals surface area contributed by atoms with E-state index in [1.54, 1.807) is 0 Å². The molecule has 0 saturated carbocycles. The zero-order valence-corrected chi connectivity index (χ0v) is 13.6. The van der Waals surface area contributed by atoms with Crippen LogP contribution in [0.3, 0.4) is 0 Å². The van der Waals surface area contributed by atoms with Crippen molar-refractivity contribution in [3.8, 4) is 0 Å². The van der Waals surface area contributed by atoms with Crippen molar-refractivity contribution in [2.24, 2.45) is 0 Å². The molecule has 0 bridgehead atoms. The van der Waals surface area contributed by atoms with Crippen LogP contribution in [0.4, 0.5) is 13.2 Å². The van der Waals surface area contributed by atoms with Gasteiger partial charge in [-0.3, -0.25) is 9.48 Å². The van der Waals surface area contributed by atoms with Crippen LogP contribution in [0.25, 0.3) is 0 Å². The number of amides is 1. The van der Waals surface area contributed by atoms with Gasteiger partial charge in [0.15, 0.2) is 11.2 Å². The predicted octanol–water partition coefficient (Wildman–Crippen LogP) is 1.57. The van der Waals surface area contributed by atoms with Gasteiger partial charge in [0, 0.05) is 20.1 Å². The summed E-state index contributed by atoms with van der Waals surface area (Å²) in [7, 11) is 1.27. The normalized spacial score (nSPS) is 21.1. The second-order valence-electron chi connectivity index (χ2n) is 5.50. The minimum atomic E-state index is -4.75. The molecule has 0 aliphatic carbocycles. The lowest BCUT2D eigenvalue weighted by Gasteiger charge is -2.33. The van der Waals surface area contributed by atoms with Crippen LogP contribution in [0, 0.1) is 6.92 Å². The molecule has 1 fully saturated rings. The van der Waals surface area contributed by atoms with Gasteiger partial charge in [-0.2, -0.15) is 18.3 Å². The molecule has 0 radical (unpaired) electrons. The minimum Gasteiger partial charge on any atom is -0.479 e. The topological polar surface area (TPSA) is 84.7 Å². The van der Waals surface area contributed by atoms with E-state index in [1.807, 2.05) is 0 Å². The number of rotatable bonds is 4. The van der Waals surface area contributed by atoms with E-state index in [4.69, 9.17) is 16.3 Å². The van der Waals surface area contributed by atoms with Crippen molar-refractivity contribution < 1.29 is 32.6 Å². The van der Waals surface area contributed by atoms with Crippen molar-refractivity contribution in [1.29, 1.82) is 0 Å². The highest BCUT2D eigenvalue weighted by Crippen LogP contribution is 2.35. The lowest BCUT2D eigenvalue weighted by Crippen LogP contribution is -2.56. The number of halogens is 4. The van der Waals surface area contributed by atoms with E-state index in [2.05, 4.69) is 5.10 Å². The summed E-state index contributed by atoms with van der Waals surface area (Å²) >= 11 is 5.62. The molecule has 11 heteroatoms. The molecular formula is C13H15ClF3N3O4. The number of ether oxygens (including phenoxy) is 1. The maximum Gasteiger partial charge on any atom is 0.436 e. The molecule has 7 nitrogen and oxygen atoms in total. The summed E-state index contributed by atoms with van der Waals surface area (Å²) in [6, 6.07) is 0. The van der Waals surface area contributed by atoms with Crippen molar-refractivity contribution >= 4 is 23.5 Å². The zero-order chi connectivity index (χ0) is 18.3. The van der Waals surface area contributed by atoms with Crippen molar-refractivity contribution in [3.05, 3.63) is 16.4 Å². The second-order valence-corrected chi connectivity index (χ2v) is 5.87. The Balaban J connectivity index is 2.25. The quantitative estimate of drug-likeness (QED) is 0.870. The Morgan fingerprint density at radius 1 is 1.50 bits per heavy atom. The number of likely N-dealkylation sites (N-methyl/N-ethyl adjacent to an activating group) is 1. The third-order valence-electron chi connectivity index (χ3n) is 4.10. The van der Waals surface area contributed by atoms with Crippen LogP contribution in [0.5, 0.6) is 0 Å². The van der Waals surface area contributed by atoms with Crippen LogP contribution in [0.15, 0.2) is 0 Å². The number of carboxylic acid groups (broad SMARTS) is 1. The van der Waals surface area contributed by atoms with Gasteiger partial charge in [0.05, 0.1) is 17.3 Å². The molecule has 1 atom stereocenters. The molecule has 24 heavy (non-hydrogen) atoms. The summed E-state index contributed by atoms with van der Waals surface area (Å²) in [6.07, 6.45) is -4.65. The van der Waals surface area contributed by atoms with Gasteiger partial charge in [0.1, 0.15) is 6.54 Å². The summed E-state index contributed by atoms with van der Waals surface area (Å²) in [5.74, 6) is -1.94. The van der Waals surface area contributed by atoms with Crippen LogP contribution < -0.4 is 0 Å². The lowest BCUT2D eigenvalue weighted by atomic mass is 9.97. The maximum atomic E-state index is 12.8. The smallest absolute Gasteiger partial charge is 0.436 e. The van der Waals surface area contributed by atoms with Gasteiger partial charge in [-0.1, -0.05) is 11.6 Å². The molecule has 1 aromatic rings. The van der Waals surface area contributed by atoms with E-state index in [9.17, 15) is 27.9 Å². The van der Waals surface area contributed by atoms with Crippen molar-refractivity contribution in [3.63, 3.8) is 0 Å². The highest BCUT2D eigenvalue weighted by molar-refractivity contribution is 6.32. The fourth-order valence-electron chi connectivity index (χ4n) is 2.46. The standard InChI is InChI=1S/C13H15ClF3N3O4/c1-7-9(14)10(13(15,16)17)18-20(7)5-8(21)19(2)12(11(22)23)3-4-24-6-12/h3-6H2,1-2H3,(H,22,23). The van der Waals surface area contributed by atoms with Gasteiger partial charge in [-0.15, -0.1) is 0 Å². The molecule has 1 saturated heterocycles. The zero-order valence-electron chi connectivity index (χ0n) is 12.9. The van der Waals surface area contributed by atoms with E-state index < -0.39 is 40.9 Å². The fraction of sp³-hybridized carbons (Fsp3) is 0.615. The maximum absolute atomic E-state index is 12.8. The fourth-order valence-corrected chi connectivity index (χ4v) is 2.71. The summed E-state index contributed by atoms with van der Waals surface area (Å²) in [5, 5.41) is 12.1. The number of hydrogen-bond acceptors (Lipinski definition) is 4. The van der Waals surface area contributed by atoms with E-state index in [-0.39, 0.29) is 25.3 Å². The first-order chi connectivity index (χ1) is 11.0. The van der Waals surface area contributed by atoms with Gasteiger partial charge < -0.3 is 14.7 Å². The molecule has 1 amide bonds. The first-order valence-electron chi connectivity index (χ1n) is 6.88. The molecule has 0 spiro atoms. The first kappa shape index (κ1) is 18.5. The lowest BCUT2D eigenvalue weighted by molar-refractivity contribution is -0.158. The number of carboxylic acids is 1. The number of hydrogen-bond donors (Lipinski definition) is 1. The van der Waals surface area contributed by atoms with Gasteiger partial charge in [0.2, 0.25) is 5.91 Å². The SMILES string of the molecule is Cc1c(Cl)c(C(F)(F)F)nn1CC(=O)N(C)C1(C(=O)O)CCOC1. The van der Waals surface area contributed by atoms with Crippen molar-refractivity contribution in [1.82, 2.24) is 14.7 Å². The average Bonchev–Trinajstić information content (AvgIpc) is 3.07. The highest BCUT2D eigenvalue weighted by atomic mass is 35.5. The average molecular weight is 370 g/mol. The van der Waals surface area contributed by atoms with Crippen LogP contribution in [-0.4, -0.2) is 57.5 Å². The predicted molar refractivity (Wildman–Crippen MR) is 75.5 cm³/mol. The van der Waals surface area contributed by atoms with Crippen LogP contribution in [0.1, 0.15) is 17.8 Å². The van der Waals surface area contributed by atoms with Gasteiger partial charge in [-0.25, -0.2) is 4.79 Å². The molecular weight excluding hydrogens is 355 g/mol. The number of aliphatic carboxylic acids is 1. The van der Waals surface area contributed by atoms with Crippen molar-refractivity contribution in [2.45, 2.75) is 31.6 Å². The molecule has 1 unspecified atom stereocenters. The number of aromatic nitrogens is 2. The summed E-state index contributed by atoms with van der Waals surface area (Å²) < 4.78 is 44.3. The Morgan fingerprint density at radius 2 is 2.12 bits per heavy atom. The number of nitrogens with zero attached hydrogens (tertiary/aromatic N) is 3. The molecule has 134 valence electrons. The Kier molecular flexibility index (Phi) is 4.82. The molecule has 1 aromatic heterocycles. The van der Waals surface area contributed by atoms with E-state index >= 15 is 0 Å². The third-order valence-corrected chi connectivity index (χ3v) is 4.55. The van der Waals surface area contributed by atoms with E-state index in [0.29, 0.717) is 0 Å². The van der Waals surface area contributed by atoms with Crippen LogP contribution in [-0.2, 0) is 27.0 Å². The molecule has 1 N–H and O–H groups in total. The molecule has 0 aromatic carbocycles. The van der Waals surface area contributed by atoms with Crippen molar-refractivity contribution in [2.75, 3.05) is 20.3 Å². The van der Waals surface area contributed by atoms with Crippen LogP contribution >= 0.6 is 11.6 Å². The van der Waals surface area contributed by atoms with Gasteiger partial charge in [0.25, 0.3) is 0 Å². The van der Waals surface area contributed by atoms with Gasteiger partial charge >= 0.3 is 12.1 Å². The molecule has 2 rings (SSSR count). The van der Waals surface area contributed by atoms with E-state index in [1.165, 1.54) is 14.0 Å². The minimum absolute atomic E-state index is 0.0298. The number of carbonyl (C=O) groups excluding carboxylic acids is 1. The van der Waals surface area contributed by atoms with Crippen LogP contribution in [0.2, 0.25) is 5.02 Å². The Labute approximate surface area is 139 Å². The Bertz CT molecular complexity index is 668. The summed E-state index contributed by atoms with van der Waals surface area (Å²) in [4.78, 5) is 24.8. The first-order valence-corrected chi connectivity index (χ1v) is 7.26. The van der Waals surface area contributed by atoms with Gasteiger partial charge in [-0.05, 0) is 6.92 Å². The summed E-state index contributed by atoms with van der Waals surface area (Å²) in [6.45, 7) is 0.725. The largest absolute Gasteiger partial charge is 0.479 e.